The van der Waals surface area contributed by atoms with Gasteiger partial charge in [0.2, 0.25) is 5.95 Å². The summed E-state index contributed by atoms with van der Waals surface area (Å²) in [5.74, 6) is 0.104. The first kappa shape index (κ1) is 19.9. The van der Waals surface area contributed by atoms with E-state index in [-0.39, 0.29) is 49.0 Å². The predicted octanol–water partition coefficient (Wildman–Crippen LogP) is 2.95. The number of hydrogen-bond donors (Lipinski definition) is 3. The van der Waals surface area contributed by atoms with Crippen LogP contribution in [0.4, 0.5) is 24.8 Å². The van der Waals surface area contributed by atoms with E-state index < -0.39 is 11.9 Å². The summed E-state index contributed by atoms with van der Waals surface area (Å²) in [5, 5.41) is 5.55. The SMILES string of the molecule is I.NC(=NCCNc1nccc(C(F)(F)F)n1)Nc1ccccc1. The largest absolute Gasteiger partial charge is 0.433 e. The molecule has 2 rings (SSSR count). The number of hydrogen-bond acceptors (Lipinski definition) is 4. The zero-order valence-electron chi connectivity index (χ0n) is 12.4. The van der Waals surface area contributed by atoms with Crippen molar-refractivity contribution in [2.75, 3.05) is 23.7 Å². The Morgan fingerprint density at radius 1 is 1.17 bits per heavy atom. The first-order valence-corrected chi connectivity index (χ1v) is 6.71. The van der Waals surface area contributed by atoms with Gasteiger partial charge >= 0.3 is 6.18 Å². The Hall–Kier alpha value is -2.11. The highest BCUT2D eigenvalue weighted by Gasteiger charge is 2.32. The van der Waals surface area contributed by atoms with E-state index in [9.17, 15) is 13.2 Å². The summed E-state index contributed by atoms with van der Waals surface area (Å²) in [5.41, 5.74) is 5.50. The molecule has 0 atom stereocenters. The van der Waals surface area contributed by atoms with Gasteiger partial charge in [0, 0.05) is 18.4 Å². The Morgan fingerprint density at radius 2 is 1.88 bits per heavy atom. The Bertz CT molecular complexity index is 663. The van der Waals surface area contributed by atoms with Gasteiger partial charge in [-0.15, -0.1) is 24.0 Å². The van der Waals surface area contributed by atoms with Crippen LogP contribution in [-0.2, 0) is 6.18 Å². The van der Waals surface area contributed by atoms with E-state index in [1.54, 1.807) is 0 Å². The van der Waals surface area contributed by atoms with Gasteiger partial charge in [-0.25, -0.2) is 9.97 Å². The molecule has 0 spiro atoms. The highest BCUT2D eigenvalue weighted by molar-refractivity contribution is 14.0. The monoisotopic (exact) mass is 452 g/mol. The van der Waals surface area contributed by atoms with Crippen LogP contribution in [0.15, 0.2) is 47.6 Å². The van der Waals surface area contributed by atoms with Crippen molar-refractivity contribution in [3.8, 4) is 0 Å². The molecule has 0 saturated heterocycles. The van der Waals surface area contributed by atoms with Crippen molar-refractivity contribution in [3.63, 3.8) is 0 Å². The number of nitrogens with two attached hydrogens (primary N) is 1. The molecular weight excluding hydrogens is 436 g/mol. The second-order valence-corrected chi connectivity index (χ2v) is 4.45. The van der Waals surface area contributed by atoms with E-state index in [4.69, 9.17) is 5.73 Å². The molecule has 2 aromatic rings. The lowest BCUT2D eigenvalue weighted by Gasteiger charge is -2.08. The smallest absolute Gasteiger partial charge is 0.370 e. The minimum absolute atomic E-state index is 0. The summed E-state index contributed by atoms with van der Waals surface area (Å²) < 4.78 is 37.5. The van der Waals surface area contributed by atoms with Gasteiger partial charge in [0.15, 0.2) is 5.96 Å². The van der Waals surface area contributed by atoms with Gasteiger partial charge in [-0.3, -0.25) is 4.99 Å². The predicted molar refractivity (Wildman–Crippen MR) is 97.5 cm³/mol. The zero-order chi connectivity index (χ0) is 16.7. The van der Waals surface area contributed by atoms with E-state index in [1.165, 1.54) is 0 Å². The molecule has 10 heteroatoms. The van der Waals surface area contributed by atoms with Crippen molar-refractivity contribution in [2.45, 2.75) is 6.18 Å². The summed E-state index contributed by atoms with van der Waals surface area (Å²) in [6.45, 7) is 0.504. The average Bonchev–Trinajstić information content (AvgIpc) is 2.52. The van der Waals surface area contributed by atoms with Crippen molar-refractivity contribution < 1.29 is 13.2 Å². The molecule has 4 N–H and O–H groups in total. The maximum Gasteiger partial charge on any atom is 0.433 e. The molecule has 1 aromatic carbocycles. The molecule has 24 heavy (non-hydrogen) atoms. The molecule has 1 aromatic heterocycles. The number of para-hydroxylation sites is 1. The fraction of sp³-hybridized carbons (Fsp3) is 0.214. The van der Waals surface area contributed by atoms with Gasteiger partial charge in [-0.05, 0) is 18.2 Å². The number of nitrogens with one attached hydrogen (secondary N) is 2. The molecular formula is C14H16F3IN6. The van der Waals surface area contributed by atoms with Crippen LogP contribution < -0.4 is 16.4 Å². The number of rotatable bonds is 5. The van der Waals surface area contributed by atoms with Crippen molar-refractivity contribution in [1.29, 1.82) is 0 Å². The topological polar surface area (TPSA) is 88.2 Å². The van der Waals surface area contributed by atoms with Crippen LogP contribution in [0.5, 0.6) is 0 Å². The lowest BCUT2D eigenvalue weighted by atomic mass is 10.3. The van der Waals surface area contributed by atoms with Gasteiger partial charge in [0.1, 0.15) is 5.69 Å². The highest BCUT2D eigenvalue weighted by atomic mass is 127. The third kappa shape index (κ3) is 6.56. The highest BCUT2D eigenvalue weighted by Crippen LogP contribution is 2.27. The van der Waals surface area contributed by atoms with Gasteiger partial charge in [0.25, 0.3) is 0 Å². The van der Waals surface area contributed by atoms with Crippen LogP contribution in [0.25, 0.3) is 0 Å². The van der Waals surface area contributed by atoms with Gasteiger partial charge in [0.05, 0.1) is 6.54 Å². The third-order valence-electron chi connectivity index (χ3n) is 2.67. The van der Waals surface area contributed by atoms with Crippen LogP contribution in [0.3, 0.4) is 0 Å². The molecule has 0 unspecified atom stereocenters. The summed E-state index contributed by atoms with van der Waals surface area (Å²) >= 11 is 0. The second-order valence-electron chi connectivity index (χ2n) is 4.45. The number of nitrogens with zero attached hydrogens (tertiary/aromatic N) is 3. The van der Waals surface area contributed by atoms with Crippen LogP contribution in [0.1, 0.15) is 5.69 Å². The summed E-state index contributed by atoms with van der Waals surface area (Å²) in [6, 6.07) is 10.0. The molecule has 0 aliphatic carbocycles. The van der Waals surface area contributed by atoms with E-state index >= 15 is 0 Å². The van der Waals surface area contributed by atoms with Crippen LogP contribution in [-0.4, -0.2) is 29.0 Å². The van der Waals surface area contributed by atoms with Gasteiger partial charge < -0.3 is 16.4 Å². The maximum absolute atomic E-state index is 12.5. The van der Waals surface area contributed by atoms with E-state index in [0.717, 1.165) is 18.0 Å². The Kier molecular flexibility index (Phi) is 7.68. The third-order valence-corrected chi connectivity index (χ3v) is 2.67. The summed E-state index contributed by atoms with van der Waals surface area (Å²) in [4.78, 5) is 11.2. The minimum Gasteiger partial charge on any atom is -0.370 e. The van der Waals surface area contributed by atoms with Crippen LogP contribution in [0.2, 0.25) is 0 Å². The molecule has 130 valence electrons. The number of aliphatic imine (C=N–C) groups is 1. The van der Waals surface area contributed by atoms with E-state index in [1.807, 2.05) is 30.3 Å². The summed E-state index contributed by atoms with van der Waals surface area (Å²) in [7, 11) is 0. The lowest BCUT2D eigenvalue weighted by molar-refractivity contribution is -0.141. The van der Waals surface area contributed by atoms with Crippen molar-refractivity contribution in [1.82, 2.24) is 9.97 Å². The standard InChI is InChI=1S/C14H15F3N6.HI/c15-14(16,17)11-6-7-20-13(23-11)21-9-8-19-12(18)22-10-4-2-1-3-5-10;/h1-7H,8-9H2,(H3,18,19,22)(H,20,21,23);1H. The lowest BCUT2D eigenvalue weighted by Crippen LogP contribution is -2.23. The first-order chi connectivity index (χ1) is 10.9. The Labute approximate surface area is 153 Å². The molecule has 0 aliphatic heterocycles. The molecule has 0 bridgehead atoms. The number of alkyl halides is 3. The van der Waals surface area contributed by atoms with E-state index in [2.05, 4.69) is 25.6 Å². The number of aromatic nitrogens is 2. The maximum atomic E-state index is 12.5. The van der Waals surface area contributed by atoms with Crippen LogP contribution >= 0.6 is 24.0 Å². The molecule has 0 fully saturated rings. The van der Waals surface area contributed by atoms with Crippen LogP contribution in [0, 0.1) is 0 Å². The number of benzene rings is 1. The van der Waals surface area contributed by atoms with Gasteiger partial charge in [-0.1, -0.05) is 18.2 Å². The van der Waals surface area contributed by atoms with Crippen molar-refractivity contribution in [2.24, 2.45) is 10.7 Å². The first-order valence-electron chi connectivity index (χ1n) is 6.71. The minimum atomic E-state index is -4.50. The Morgan fingerprint density at radius 3 is 2.54 bits per heavy atom. The molecule has 0 aliphatic rings. The summed E-state index contributed by atoms with van der Waals surface area (Å²) in [6.07, 6.45) is -3.45. The molecule has 1 heterocycles. The van der Waals surface area contributed by atoms with E-state index in [0.29, 0.717) is 0 Å². The fourth-order valence-corrected chi connectivity index (χ4v) is 1.65. The molecule has 6 nitrogen and oxygen atoms in total. The molecule has 0 amide bonds. The number of anilines is 2. The van der Waals surface area contributed by atoms with Crippen molar-refractivity contribution in [3.05, 3.63) is 48.3 Å². The van der Waals surface area contributed by atoms with Crippen molar-refractivity contribution >= 4 is 41.6 Å². The number of halogens is 4. The second kappa shape index (κ2) is 9.25. The zero-order valence-corrected chi connectivity index (χ0v) is 14.7. The molecule has 0 radical (unpaired) electrons. The Balaban J connectivity index is 0.00000288. The average molecular weight is 452 g/mol. The fourth-order valence-electron chi connectivity index (χ4n) is 1.65. The molecule has 0 saturated carbocycles. The quantitative estimate of drug-likeness (QED) is 0.281. The van der Waals surface area contributed by atoms with Gasteiger partial charge in [-0.2, -0.15) is 13.2 Å². The normalized spacial score (nSPS) is 11.5. The number of guanidine groups is 1.